The number of amides is 1. The predicted octanol–water partition coefficient (Wildman–Crippen LogP) is 0.524. The van der Waals surface area contributed by atoms with E-state index in [-0.39, 0.29) is 30.7 Å². The van der Waals surface area contributed by atoms with Crippen molar-refractivity contribution in [1.82, 2.24) is 15.5 Å². The molecule has 2 N–H and O–H groups in total. The first-order valence-corrected chi connectivity index (χ1v) is 6.37. The topological polar surface area (TPSA) is 53.6 Å². The van der Waals surface area contributed by atoms with Crippen LogP contribution in [0.15, 0.2) is 0 Å². The van der Waals surface area contributed by atoms with Crippen LogP contribution in [0.1, 0.15) is 12.8 Å². The van der Waals surface area contributed by atoms with Crippen molar-refractivity contribution in [1.29, 1.82) is 0 Å². The Morgan fingerprint density at radius 3 is 2.74 bits per heavy atom. The average Bonchev–Trinajstić information content (AvgIpc) is 2.79. The largest absolute Gasteiger partial charge is 0.383 e. The maximum Gasteiger partial charge on any atom is 0.220 e. The van der Waals surface area contributed by atoms with Crippen LogP contribution < -0.4 is 10.6 Å². The van der Waals surface area contributed by atoms with Crippen LogP contribution in [0, 0.1) is 5.92 Å². The molecule has 0 aromatic heterocycles. The zero-order chi connectivity index (χ0) is 12.5. The van der Waals surface area contributed by atoms with Gasteiger partial charge in [0.15, 0.2) is 0 Å². The molecule has 0 spiro atoms. The Morgan fingerprint density at radius 2 is 2.16 bits per heavy atom. The molecule has 0 radical (unpaired) electrons. The van der Waals surface area contributed by atoms with Crippen molar-refractivity contribution >= 4 is 30.7 Å². The molecule has 0 aromatic rings. The quantitative estimate of drug-likeness (QED) is 0.686. The second kappa shape index (κ2) is 12.9. The van der Waals surface area contributed by atoms with E-state index in [2.05, 4.69) is 15.5 Å². The van der Waals surface area contributed by atoms with E-state index in [1.807, 2.05) is 7.05 Å². The summed E-state index contributed by atoms with van der Waals surface area (Å²) in [5.41, 5.74) is 0. The van der Waals surface area contributed by atoms with Gasteiger partial charge in [-0.1, -0.05) is 0 Å². The van der Waals surface area contributed by atoms with Crippen molar-refractivity contribution in [3.63, 3.8) is 0 Å². The van der Waals surface area contributed by atoms with E-state index in [9.17, 15) is 4.79 Å². The maximum absolute atomic E-state index is 11.6. The van der Waals surface area contributed by atoms with E-state index in [1.165, 1.54) is 0 Å². The van der Waals surface area contributed by atoms with Crippen LogP contribution >= 0.6 is 24.8 Å². The van der Waals surface area contributed by atoms with E-state index in [0.717, 1.165) is 45.8 Å². The Labute approximate surface area is 128 Å². The van der Waals surface area contributed by atoms with Gasteiger partial charge in [-0.05, 0) is 32.5 Å². The molecule has 1 fully saturated rings. The lowest BCUT2D eigenvalue weighted by Gasteiger charge is -2.16. The van der Waals surface area contributed by atoms with Crippen molar-refractivity contribution in [2.75, 3.05) is 53.5 Å². The number of carbonyl (C=O) groups excluding carboxylic acids is 1. The number of halogens is 2. The van der Waals surface area contributed by atoms with Crippen LogP contribution in [0.4, 0.5) is 0 Å². The summed E-state index contributed by atoms with van der Waals surface area (Å²) in [7, 11) is 3.73. The minimum absolute atomic E-state index is 0. The molecule has 7 heteroatoms. The third kappa shape index (κ3) is 10.4. The van der Waals surface area contributed by atoms with Gasteiger partial charge in [0.05, 0.1) is 6.61 Å². The van der Waals surface area contributed by atoms with Crippen LogP contribution in [-0.2, 0) is 9.53 Å². The second-order valence-corrected chi connectivity index (χ2v) is 4.71. The first-order chi connectivity index (χ1) is 8.22. The number of hydrogen-bond acceptors (Lipinski definition) is 4. The molecule has 0 aromatic carbocycles. The van der Waals surface area contributed by atoms with E-state index in [4.69, 9.17) is 4.74 Å². The maximum atomic E-state index is 11.6. The van der Waals surface area contributed by atoms with Gasteiger partial charge in [-0.25, -0.2) is 0 Å². The molecule has 0 saturated carbocycles. The molecule has 0 bridgehead atoms. The number of nitrogens with zero attached hydrogens (tertiary/aromatic N) is 1. The van der Waals surface area contributed by atoms with Crippen molar-refractivity contribution in [3.05, 3.63) is 0 Å². The molecule has 1 aliphatic heterocycles. The molecule has 1 aliphatic rings. The summed E-state index contributed by atoms with van der Waals surface area (Å²) in [6.45, 7) is 5.27. The SMILES string of the molecule is COCCN(C)CCNC(=O)CC1CCNC1.Cl.Cl. The lowest BCUT2D eigenvalue weighted by Crippen LogP contribution is -2.35. The Hall–Kier alpha value is -0.0700. The Bertz CT molecular complexity index is 227. The van der Waals surface area contributed by atoms with E-state index >= 15 is 0 Å². The Balaban J connectivity index is 0. The molecule has 1 saturated heterocycles. The van der Waals surface area contributed by atoms with Gasteiger partial charge >= 0.3 is 0 Å². The standard InChI is InChI=1S/C12H25N3O2.2ClH/c1-15(7-8-17-2)6-5-14-12(16)9-11-3-4-13-10-11;;/h11,13H,3-10H2,1-2H3,(H,14,16);2*1H. The van der Waals surface area contributed by atoms with Gasteiger partial charge in [-0.3, -0.25) is 4.79 Å². The number of methoxy groups -OCH3 is 1. The van der Waals surface area contributed by atoms with Gasteiger partial charge < -0.3 is 20.3 Å². The average molecular weight is 316 g/mol. The Kier molecular flexibility index (Phi) is 14.5. The highest BCUT2D eigenvalue weighted by molar-refractivity contribution is 5.85. The minimum Gasteiger partial charge on any atom is -0.383 e. The molecule has 1 heterocycles. The fourth-order valence-electron chi connectivity index (χ4n) is 1.97. The first-order valence-electron chi connectivity index (χ1n) is 6.37. The number of nitrogens with one attached hydrogen (secondary N) is 2. The predicted molar refractivity (Wildman–Crippen MR) is 82.5 cm³/mol. The molecule has 1 atom stereocenters. The summed E-state index contributed by atoms with van der Waals surface area (Å²) in [5.74, 6) is 0.708. The summed E-state index contributed by atoms with van der Waals surface area (Å²) < 4.78 is 4.99. The second-order valence-electron chi connectivity index (χ2n) is 4.71. The van der Waals surface area contributed by atoms with Crippen LogP contribution in [0.5, 0.6) is 0 Å². The fourth-order valence-corrected chi connectivity index (χ4v) is 1.97. The summed E-state index contributed by atoms with van der Waals surface area (Å²) >= 11 is 0. The number of likely N-dealkylation sites (N-methyl/N-ethyl adjacent to an activating group) is 1. The number of ether oxygens (including phenoxy) is 1. The van der Waals surface area contributed by atoms with E-state index in [1.54, 1.807) is 7.11 Å². The summed E-state index contributed by atoms with van der Waals surface area (Å²) in [5, 5.41) is 6.24. The highest BCUT2D eigenvalue weighted by atomic mass is 35.5. The normalized spacial score (nSPS) is 17.7. The molecule has 1 unspecified atom stereocenters. The monoisotopic (exact) mass is 315 g/mol. The first kappa shape index (κ1) is 21.2. The summed E-state index contributed by atoms with van der Waals surface area (Å²) in [6.07, 6.45) is 1.79. The molecular formula is C12H27Cl2N3O2. The van der Waals surface area contributed by atoms with Gasteiger partial charge in [0, 0.05) is 33.2 Å². The number of rotatable bonds is 8. The number of hydrogen-bond donors (Lipinski definition) is 2. The van der Waals surface area contributed by atoms with Gasteiger partial charge in [0.2, 0.25) is 5.91 Å². The zero-order valence-electron chi connectivity index (χ0n) is 11.8. The van der Waals surface area contributed by atoms with Crippen LogP contribution in [0.25, 0.3) is 0 Å². The lowest BCUT2D eigenvalue weighted by molar-refractivity contribution is -0.121. The summed E-state index contributed by atoms with van der Waals surface area (Å²) in [6, 6.07) is 0. The molecule has 19 heavy (non-hydrogen) atoms. The Morgan fingerprint density at radius 1 is 1.42 bits per heavy atom. The lowest BCUT2D eigenvalue weighted by atomic mass is 10.0. The summed E-state index contributed by atoms with van der Waals surface area (Å²) in [4.78, 5) is 13.8. The third-order valence-electron chi connectivity index (χ3n) is 3.13. The molecule has 5 nitrogen and oxygen atoms in total. The van der Waals surface area contributed by atoms with Crippen LogP contribution in [-0.4, -0.2) is 64.3 Å². The van der Waals surface area contributed by atoms with E-state index in [0.29, 0.717) is 12.3 Å². The molecule has 0 aliphatic carbocycles. The van der Waals surface area contributed by atoms with Crippen molar-refractivity contribution < 1.29 is 9.53 Å². The third-order valence-corrected chi connectivity index (χ3v) is 3.13. The van der Waals surface area contributed by atoms with Crippen molar-refractivity contribution in [2.45, 2.75) is 12.8 Å². The van der Waals surface area contributed by atoms with Gasteiger partial charge in [-0.2, -0.15) is 0 Å². The van der Waals surface area contributed by atoms with E-state index < -0.39 is 0 Å². The molecular weight excluding hydrogens is 289 g/mol. The van der Waals surface area contributed by atoms with Crippen LogP contribution in [0.3, 0.4) is 0 Å². The molecule has 1 rings (SSSR count). The minimum atomic E-state index is 0. The highest BCUT2D eigenvalue weighted by Crippen LogP contribution is 2.11. The molecule has 1 amide bonds. The smallest absolute Gasteiger partial charge is 0.220 e. The van der Waals surface area contributed by atoms with Gasteiger partial charge in [0.1, 0.15) is 0 Å². The number of carbonyl (C=O) groups is 1. The zero-order valence-corrected chi connectivity index (χ0v) is 13.4. The fraction of sp³-hybridized carbons (Fsp3) is 0.917. The highest BCUT2D eigenvalue weighted by Gasteiger charge is 2.17. The van der Waals surface area contributed by atoms with Crippen LogP contribution in [0.2, 0.25) is 0 Å². The van der Waals surface area contributed by atoms with Gasteiger partial charge in [-0.15, -0.1) is 24.8 Å². The van der Waals surface area contributed by atoms with Gasteiger partial charge in [0.25, 0.3) is 0 Å². The van der Waals surface area contributed by atoms with Crippen molar-refractivity contribution in [3.8, 4) is 0 Å². The molecule has 116 valence electrons. The van der Waals surface area contributed by atoms with Crippen molar-refractivity contribution in [2.24, 2.45) is 5.92 Å².